The lowest BCUT2D eigenvalue weighted by molar-refractivity contribution is 0.101. The van der Waals surface area contributed by atoms with E-state index in [9.17, 15) is 9.18 Å². The molecular formula is C19H15ClFN5O. The molecule has 0 aliphatic rings. The molecule has 2 heterocycles. The summed E-state index contributed by atoms with van der Waals surface area (Å²) in [5, 5.41) is 4.57. The average molecular weight is 384 g/mol. The number of benzene rings is 2. The number of fused-ring (bicyclic) bond motifs is 1. The Morgan fingerprint density at radius 3 is 2.70 bits per heavy atom. The highest BCUT2D eigenvalue weighted by Crippen LogP contribution is 2.22. The molecule has 2 aromatic heterocycles. The molecule has 0 saturated carbocycles. The number of hydrogen-bond donors (Lipinski definition) is 1. The minimum absolute atomic E-state index is 0.221. The fraction of sp³-hybridized carbons (Fsp3) is 0.105. The van der Waals surface area contributed by atoms with E-state index in [1.165, 1.54) is 23.1 Å². The van der Waals surface area contributed by atoms with E-state index < -0.39 is 0 Å². The van der Waals surface area contributed by atoms with Gasteiger partial charge in [-0.2, -0.15) is 5.10 Å². The first kappa shape index (κ1) is 17.2. The Balaban J connectivity index is 1.60. The van der Waals surface area contributed by atoms with Crippen LogP contribution >= 0.6 is 11.6 Å². The first-order valence-corrected chi connectivity index (χ1v) is 8.61. The van der Waals surface area contributed by atoms with Crippen LogP contribution in [-0.4, -0.2) is 25.3 Å². The number of carbonyl (C=O) groups excluding carboxylic acids is 1. The summed E-state index contributed by atoms with van der Waals surface area (Å²) in [4.78, 5) is 17.0. The van der Waals surface area contributed by atoms with Crippen molar-refractivity contribution in [2.24, 2.45) is 0 Å². The van der Waals surface area contributed by atoms with Crippen molar-refractivity contribution >= 4 is 28.5 Å². The van der Waals surface area contributed by atoms with Crippen LogP contribution < -0.4 is 5.43 Å². The minimum Gasteiger partial charge on any atom is -0.267 e. The molecule has 136 valence electrons. The number of nitrogens with one attached hydrogen (secondary N) is 1. The Morgan fingerprint density at radius 2 is 1.93 bits per heavy atom. The second kappa shape index (κ2) is 6.85. The molecular weight excluding hydrogens is 369 g/mol. The standard InChI is InChI=1S/C19H15ClFN5O/c1-12-17(18(20)25(23-12)10-13-6-8-14(21)9-7-13)19(27)24-26-11-22-15-4-2-3-5-16(15)26/h2-9,11H,10H2,1H3,(H,24,27). The van der Waals surface area contributed by atoms with Gasteiger partial charge >= 0.3 is 0 Å². The number of para-hydroxylation sites is 2. The second-order valence-corrected chi connectivity index (χ2v) is 6.44. The van der Waals surface area contributed by atoms with Crippen LogP contribution in [-0.2, 0) is 6.54 Å². The van der Waals surface area contributed by atoms with Gasteiger partial charge in [0, 0.05) is 0 Å². The predicted octanol–water partition coefficient (Wildman–Crippen LogP) is 3.77. The lowest BCUT2D eigenvalue weighted by Gasteiger charge is -2.07. The van der Waals surface area contributed by atoms with E-state index in [1.807, 2.05) is 24.3 Å². The molecule has 0 saturated heterocycles. The van der Waals surface area contributed by atoms with Crippen molar-refractivity contribution in [2.45, 2.75) is 13.5 Å². The van der Waals surface area contributed by atoms with E-state index in [-0.39, 0.29) is 22.4 Å². The predicted molar refractivity (Wildman–Crippen MR) is 101 cm³/mol. The van der Waals surface area contributed by atoms with Gasteiger partial charge in [0.2, 0.25) is 0 Å². The van der Waals surface area contributed by atoms with Crippen molar-refractivity contribution in [3.63, 3.8) is 0 Å². The third-order valence-corrected chi connectivity index (χ3v) is 4.60. The lowest BCUT2D eigenvalue weighted by Crippen LogP contribution is -2.22. The lowest BCUT2D eigenvalue weighted by atomic mass is 10.2. The molecule has 1 N–H and O–H groups in total. The molecule has 0 atom stereocenters. The van der Waals surface area contributed by atoms with Crippen LogP contribution in [0.5, 0.6) is 0 Å². The fourth-order valence-corrected chi connectivity index (χ4v) is 3.21. The van der Waals surface area contributed by atoms with E-state index in [4.69, 9.17) is 11.6 Å². The van der Waals surface area contributed by atoms with Gasteiger partial charge in [0.05, 0.1) is 23.3 Å². The van der Waals surface area contributed by atoms with Gasteiger partial charge in [-0.15, -0.1) is 0 Å². The van der Waals surface area contributed by atoms with Crippen molar-refractivity contribution in [2.75, 3.05) is 5.43 Å². The van der Waals surface area contributed by atoms with E-state index in [0.29, 0.717) is 12.2 Å². The highest BCUT2D eigenvalue weighted by Gasteiger charge is 2.21. The zero-order valence-corrected chi connectivity index (χ0v) is 15.1. The van der Waals surface area contributed by atoms with Crippen molar-refractivity contribution in [1.82, 2.24) is 19.4 Å². The highest BCUT2D eigenvalue weighted by molar-refractivity contribution is 6.33. The van der Waals surface area contributed by atoms with Crippen LogP contribution in [0.3, 0.4) is 0 Å². The Bertz CT molecular complexity index is 1130. The third kappa shape index (κ3) is 3.29. The molecule has 8 heteroatoms. The largest absolute Gasteiger partial charge is 0.275 e. The van der Waals surface area contributed by atoms with Gasteiger partial charge in [0.1, 0.15) is 22.9 Å². The molecule has 0 spiro atoms. The number of carbonyl (C=O) groups is 1. The number of amides is 1. The molecule has 27 heavy (non-hydrogen) atoms. The molecule has 0 unspecified atom stereocenters. The third-order valence-electron chi connectivity index (χ3n) is 4.21. The minimum atomic E-state index is -0.383. The van der Waals surface area contributed by atoms with Crippen LogP contribution in [0.4, 0.5) is 4.39 Å². The Labute approximate surface area is 159 Å². The van der Waals surface area contributed by atoms with Gasteiger partial charge in [0.15, 0.2) is 0 Å². The number of halogens is 2. The fourth-order valence-electron chi connectivity index (χ4n) is 2.89. The van der Waals surface area contributed by atoms with Crippen molar-refractivity contribution in [3.8, 4) is 0 Å². The summed E-state index contributed by atoms with van der Waals surface area (Å²) < 4.78 is 16.1. The molecule has 0 aliphatic carbocycles. The molecule has 0 radical (unpaired) electrons. The Hall–Kier alpha value is -3.19. The SMILES string of the molecule is Cc1nn(Cc2ccc(F)cc2)c(Cl)c1C(=O)Nn1cnc2ccccc21. The van der Waals surface area contributed by atoms with E-state index >= 15 is 0 Å². The molecule has 4 aromatic rings. The van der Waals surface area contributed by atoms with Crippen LogP contribution in [0, 0.1) is 12.7 Å². The monoisotopic (exact) mass is 383 g/mol. The van der Waals surface area contributed by atoms with Crippen LogP contribution in [0.25, 0.3) is 11.0 Å². The highest BCUT2D eigenvalue weighted by atomic mass is 35.5. The van der Waals surface area contributed by atoms with Gasteiger partial charge in [-0.05, 0) is 36.8 Å². The Morgan fingerprint density at radius 1 is 1.19 bits per heavy atom. The number of aromatic nitrogens is 4. The summed E-state index contributed by atoms with van der Waals surface area (Å²) in [5.74, 6) is -0.694. The van der Waals surface area contributed by atoms with Gasteiger partial charge < -0.3 is 0 Å². The molecule has 0 bridgehead atoms. The molecule has 2 aromatic carbocycles. The summed E-state index contributed by atoms with van der Waals surface area (Å²) in [5.41, 5.74) is 5.94. The zero-order valence-electron chi connectivity index (χ0n) is 14.4. The van der Waals surface area contributed by atoms with E-state index in [2.05, 4.69) is 15.5 Å². The van der Waals surface area contributed by atoms with Crippen LogP contribution in [0.1, 0.15) is 21.6 Å². The Kier molecular flexibility index (Phi) is 4.37. The smallest absolute Gasteiger partial charge is 0.267 e. The molecule has 4 rings (SSSR count). The van der Waals surface area contributed by atoms with Gasteiger partial charge in [-0.1, -0.05) is 35.9 Å². The maximum absolute atomic E-state index is 13.1. The molecule has 0 fully saturated rings. The topological polar surface area (TPSA) is 64.7 Å². The summed E-state index contributed by atoms with van der Waals surface area (Å²) in [6.45, 7) is 2.05. The van der Waals surface area contributed by atoms with Crippen LogP contribution in [0.15, 0.2) is 54.9 Å². The maximum Gasteiger partial charge on any atom is 0.275 e. The second-order valence-electron chi connectivity index (χ2n) is 6.08. The maximum atomic E-state index is 13.1. The summed E-state index contributed by atoms with van der Waals surface area (Å²) in [6.07, 6.45) is 1.54. The first-order valence-electron chi connectivity index (χ1n) is 8.24. The summed E-state index contributed by atoms with van der Waals surface area (Å²) in [7, 11) is 0. The van der Waals surface area contributed by atoms with Crippen molar-refractivity contribution < 1.29 is 9.18 Å². The van der Waals surface area contributed by atoms with Gasteiger partial charge in [-0.25, -0.2) is 18.7 Å². The van der Waals surface area contributed by atoms with Crippen molar-refractivity contribution in [1.29, 1.82) is 0 Å². The van der Waals surface area contributed by atoms with Crippen molar-refractivity contribution in [3.05, 3.63) is 82.6 Å². The number of imidazole rings is 1. The average Bonchev–Trinajstić information content (AvgIpc) is 3.18. The summed E-state index contributed by atoms with van der Waals surface area (Å²) >= 11 is 6.40. The zero-order chi connectivity index (χ0) is 19.0. The van der Waals surface area contributed by atoms with E-state index in [1.54, 1.807) is 23.7 Å². The normalized spacial score (nSPS) is 11.1. The number of nitrogens with zero attached hydrogens (tertiary/aromatic N) is 4. The number of aryl methyl sites for hydroxylation is 1. The molecule has 1 amide bonds. The molecule has 0 aliphatic heterocycles. The quantitative estimate of drug-likeness (QED) is 0.583. The molecule has 6 nitrogen and oxygen atoms in total. The number of rotatable bonds is 4. The van der Waals surface area contributed by atoms with Gasteiger partial charge in [0.25, 0.3) is 5.91 Å². The van der Waals surface area contributed by atoms with Crippen LogP contribution in [0.2, 0.25) is 5.15 Å². The van der Waals surface area contributed by atoms with Gasteiger partial charge in [-0.3, -0.25) is 10.2 Å². The van der Waals surface area contributed by atoms with E-state index in [0.717, 1.165) is 16.6 Å². The number of hydrogen-bond acceptors (Lipinski definition) is 3. The summed E-state index contributed by atoms with van der Waals surface area (Å²) in [6, 6.07) is 13.5. The first-order chi connectivity index (χ1) is 13.0.